The number of nitrogens with zero attached hydrogens (tertiary/aromatic N) is 2. The molecule has 1 unspecified atom stereocenters. The van der Waals surface area contributed by atoms with E-state index in [2.05, 4.69) is 22.5 Å². The second kappa shape index (κ2) is 10.1. The normalized spacial score (nSPS) is 26.5. The number of hydrogen-bond donors (Lipinski definition) is 5. The Morgan fingerprint density at radius 2 is 2.08 bits per heavy atom. The predicted octanol–water partition coefficient (Wildman–Crippen LogP) is 2.91. The van der Waals surface area contributed by atoms with Crippen molar-refractivity contribution < 1.29 is 14.6 Å². The van der Waals surface area contributed by atoms with E-state index in [1.54, 1.807) is 19.2 Å². The lowest BCUT2D eigenvalue weighted by molar-refractivity contribution is -0.115. The molecular formula is C29H38N6O3. The lowest BCUT2D eigenvalue weighted by atomic mass is 9.84. The topological polar surface area (TPSA) is 137 Å². The average Bonchev–Trinajstić information content (AvgIpc) is 3.68. The minimum atomic E-state index is -1.17. The molecule has 1 saturated carbocycles. The van der Waals surface area contributed by atoms with Gasteiger partial charge >= 0.3 is 0 Å². The van der Waals surface area contributed by atoms with Crippen LogP contribution in [0.25, 0.3) is 5.57 Å². The fourth-order valence-corrected chi connectivity index (χ4v) is 5.63. The molecule has 1 aromatic carbocycles. The smallest absolute Gasteiger partial charge is 0.229 e. The maximum Gasteiger partial charge on any atom is 0.229 e. The van der Waals surface area contributed by atoms with Gasteiger partial charge in [-0.3, -0.25) is 4.79 Å². The van der Waals surface area contributed by atoms with Gasteiger partial charge in [0.05, 0.1) is 25.2 Å². The van der Waals surface area contributed by atoms with Crippen LogP contribution >= 0.6 is 0 Å². The third kappa shape index (κ3) is 5.18. The average molecular weight is 519 g/mol. The van der Waals surface area contributed by atoms with Gasteiger partial charge in [-0.15, -0.1) is 0 Å². The Hall–Kier alpha value is -3.27. The lowest BCUT2D eigenvalue weighted by Gasteiger charge is -2.42. The second-order valence-electron chi connectivity index (χ2n) is 11.5. The van der Waals surface area contributed by atoms with Crippen LogP contribution in [0, 0.1) is 16.7 Å². The van der Waals surface area contributed by atoms with Crippen LogP contribution in [0.2, 0.25) is 0 Å². The highest BCUT2D eigenvalue weighted by atomic mass is 16.5. The molecular weight excluding hydrogens is 480 g/mol. The number of benzene rings is 1. The zero-order valence-electron chi connectivity index (χ0n) is 22.2. The summed E-state index contributed by atoms with van der Waals surface area (Å²) in [6, 6.07) is 11.3. The lowest BCUT2D eigenvalue weighted by Crippen LogP contribution is -2.62. The molecule has 3 heterocycles. The molecule has 9 heteroatoms. The van der Waals surface area contributed by atoms with Crippen LogP contribution in [-0.2, 0) is 16.0 Å². The zero-order valence-corrected chi connectivity index (χ0v) is 22.2. The molecule has 1 amide bonds. The Labute approximate surface area is 224 Å². The van der Waals surface area contributed by atoms with Crippen molar-refractivity contribution in [1.82, 2.24) is 10.3 Å². The maximum atomic E-state index is 12.9. The molecule has 38 heavy (non-hydrogen) atoms. The van der Waals surface area contributed by atoms with Crippen LogP contribution in [-0.4, -0.2) is 59.8 Å². The van der Waals surface area contributed by atoms with E-state index in [0.717, 1.165) is 61.4 Å². The highest BCUT2D eigenvalue weighted by Gasteiger charge is 2.60. The molecule has 1 aliphatic carbocycles. The molecule has 2 saturated heterocycles. The third-order valence-corrected chi connectivity index (χ3v) is 8.25. The number of carbonyl (C=O) groups excluding carboxylic acids is 1. The fourth-order valence-electron chi connectivity index (χ4n) is 5.63. The molecule has 3 aliphatic rings. The summed E-state index contributed by atoms with van der Waals surface area (Å²) < 4.78 is 5.30. The number of ether oxygens (including phenoxy) is 1. The molecule has 5 rings (SSSR count). The van der Waals surface area contributed by atoms with Gasteiger partial charge in [-0.25, -0.2) is 4.98 Å². The molecule has 1 aromatic heterocycles. The van der Waals surface area contributed by atoms with Crippen LogP contribution in [0.15, 0.2) is 48.8 Å². The van der Waals surface area contributed by atoms with Crippen molar-refractivity contribution in [1.29, 1.82) is 5.41 Å². The summed E-state index contributed by atoms with van der Waals surface area (Å²) in [6.07, 6.45) is 7.80. The highest BCUT2D eigenvalue weighted by molar-refractivity contribution is 6.08. The summed E-state index contributed by atoms with van der Waals surface area (Å²) in [6.45, 7) is 6.85. The summed E-state index contributed by atoms with van der Waals surface area (Å²) in [5.41, 5.74) is 8.22. The number of nitrogens with two attached hydrogens (primary N) is 1. The fraction of sp³-hybridized carbons (Fsp3) is 0.483. The molecule has 0 bridgehead atoms. The number of aliphatic hydroxyl groups is 1. The van der Waals surface area contributed by atoms with Crippen LogP contribution < -0.4 is 21.3 Å². The highest BCUT2D eigenvalue weighted by Crippen LogP contribution is 2.51. The van der Waals surface area contributed by atoms with E-state index in [0.29, 0.717) is 18.3 Å². The first-order chi connectivity index (χ1) is 18.1. The number of aromatic nitrogens is 1. The van der Waals surface area contributed by atoms with Gasteiger partial charge in [0.1, 0.15) is 5.82 Å². The quantitative estimate of drug-likeness (QED) is 0.305. The van der Waals surface area contributed by atoms with Crippen LogP contribution in [0.1, 0.15) is 44.2 Å². The van der Waals surface area contributed by atoms with E-state index in [9.17, 15) is 9.90 Å². The van der Waals surface area contributed by atoms with Crippen molar-refractivity contribution in [3.05, 3.63) is 59.9 Å². The number of anilines is 2. The number of nitrogens with one attached hydrogen (secondary N) is 3. The first kappa shape index (κ1) is 26.3. The molecule has 9 nitrogen and oxygen atoms in total. The Kier molecular flexibility index (Phi) is 7.02. The van der Waals surface area contributed by atoms with E-state index in [4.69, 9.17) is 15.9 Å². The van der Waals surface area contributed by atoms with Crippen molar-refractivity contribution >= 4 is 29.2 Å². The van der Waals surface area contributed by atoms with Crippen LogP contribution in [0.4, 0.5) is 11.5 Å². The first-order valence-corrected chi connectivity index (χ1v) is 13.3. The standard InChI is InChI=1S/C29H38N6O3/c1-27(18-38-19-27)17-32-16-22(15-30)21-5-3-4-20(12-21)13-26(36)34-25-14-24(8-10-33-25)35-11-9-29(31,23-6-7-23)28(35,2)37/h3-5,8,10,12,14-16,23,30,32,37H,6-7,9,11,13,17-19,31H2,1-2H3,(H,33,34,36)/b22-16+,30-15?/t28?,29-/m1/s1. The Balaban J connectivity index is 1.22. The molecule has 3 fully saturated rings. The first-order valence-electron chi connectivity index (χ1n) is 13.3. The van der Waals surface area contributed by atoms with E-state index < -0.39 is 11.3 Å². The summed E-state index contributed by atoms with van der Waals surface area (Å²) in [5.74, 6) is 0.583. The van der Waals surface area contributed by atoms with Gasteiger partial charge in [0.2, 0.25) is 5.91 Å². The van der Waals surface area contributed by atoms with Gasteiger partial charge < -0.3 is 36.5 Å². The second-order valence-corrected chi connectivity index (χ2v) is 11.5. The number of allylic oxidation sites excluding steroid dienone is 1. The van der Waals surface area contributed by atoms with Crippen molar-refractivity contribution in [3.8, 4) is 0 Å². The Bertz CT molecular complexity index is 1240. The molecule has 2 atom stereocenters. The minimum absolute atomic E-state index is 0.129. The maximum absolute atomic E-state index is 12.9. The number of pyridine rings is 1. The van der Waals surface area contributed by atoms with Gasteiger partial charge in [-0.1, -0.05) is 31.2 Å². The number of rotatable bonds is 10. The van der Waals surface area contributed by atoms with Crippen LogP contribution in [0.5, 0.6) is 0 Å². The number of amides is 1. The van der Waals surface area contributed by atoms with Crippen molar-refractivity contribution in [2.24, 2.45) is 17.1 Å². The molecule has 6 N–H and O–H groups in total. The van der Waals surface area contributed by atoms with Crippen molar-refractivity contribution in [3.63, 3.8) is 0 Å². The molecule has 202 valence electrons. The Morgan fingerprint density at radius 3 is 2.76 bits per heavy atom. The predicted molar refractivity (Wildman–Crippen MR) is 149 cm³/mol. The van der Waals surface area contributed by atoms with Crippen molar-refractivity contribution in [2.45, 2.75) is 50.8 Å². The monoisotopic (exact) mass is 518 g/mol. The van der Waals surface area contributed by atoms with Crippen LogP contribution in [0.3, 0.4) is 0 Å². The Morgan fingerprint density at radius 1 is 1.29 bits per heavy atom. The summed E-state index contributed by atoms with van der Waals surface area (Å²) in [4.78, 5) is 19.1. The zero-order chi connectivity index (χ0) is 27.0. The van der Waals surface area contributed by atoms with Gasteiger partial charge in [0.25, 0.3) is 0 Å². The molecule has 2 aromatic rings. The van der Waals surface area contributed by atoms with E-state index >= 15 is 0 Å². The summed E-state index contributed by atoms with van der Waals surface area (Å²) in [7, 11) is 0. The molecule has 0 spiro atoms. The molecule has 0 radical (unpaired) electrons. The number of hydrogen-bond acceptors (Lipinski definition) is 8. The summed E-state index contributed by atoms with van der Waals surface area (Å²) in [5, 5.41) is 25.4. The summed E-state index contributed by atoms with van der Waals surface area (Å²) >= 11 is 0. The van der Waals surface area contributed by atoms with Crippen molar-refractivity contribution in [2.75, 3.05) is 36.5 Å². The number of carbonyl (C=O) groups is 1. The minimum Gasteiger partial charge on any atom is -0.390 e. The van der Waals surface area contributed by atoms with Gasteiger partial charge in [-0.2, -0.15) is 0 Å². The largest absolute Gasteiger partial charge is 0.390 e. The van der Waals surface area contributed by atoms with Gasteiger partial charge in [-0.05, 0) is 49.3 Å². The van der Waals surface area contributed by atoms with E-state index in [-0.39, 0.29) is 17.7 Å². The van der Waals surface area contributed by atoms with Gasteiger partial charge in [0.15, 0.2) is 5.72 Å². The van der Waals surface area contributed by atoms with E-state index in [1.807, 2.05) is 41.4 Å². The molecule has 2 aliphatic heterocycles. The third-order valence-electron chi connectivity index (χ3n) is 8.25. The van der Waals surface area contributed by atoms with E-state index in [1.165, 1.54) is 6.21 Å². The SMILES string of the molecule is CC1(CN/C=C(\C=N)c2cccc(CC(=O)Nc3cc(N4CC[C@@](N)(C5CC5)C4(C)O)ccn3)c2)COC1. The van der Waals surface area contributed by atoms with Gasteiger partial charge in [0, 0.05) is 54.4 Å².